The Morgan fingerprint density at radius 3 is 2.55 bits per heavy atom. The fourth-order valence-electron chi connectivity index (χ4n) is 2.40. The number of hydrogen-bond acceptors (Lipinski definition) is 2. The Labute approximate surface area is 115 Å². The predicted octanol–water partition coefficient (Wildman–Crippen LogP) is 3.13. The fourth-order valence-corrected chi connectivity index (χ4v) is 2.40. The Morgan fingerprint density at radius 2 is 2.00 bits per heavy atom. The average Bonchev–Trinajstić information content (AvgIpc) is 2.56. The van der Waals surface area contributed by atoms with Crippen molar-refractivity contribution < 1.29 is 18.0 Å². The van der Waals surface area contributed by atoms with Gasteiger partial charge in [0.05, 0.1) is 5.41 Å². The second-order valence-corrected chi connectivity index (χ2v) is 5.42. The number of halogens is 3. The van der Waals surface area contributed by atoms with E-state index in [1.165, 1.54) is 18.2 Å². The van der Waals surface area contributed by atoms with E-state index in [1.54, 1.807) is 20.8 Å². The molecule has 0 aliphatic carbocycles. The van der Waals surface area contributed by atoms with E-state index in [4.69, 9.17) is 0 Å². The first-order valence-electron chi connectivity index (χ1n) is 6.44. The molecule has 6 heteroatoms. The maximum atomic E-state index is 13.1. The van der Waals surface area contributed by atoms with Gasteiger partial charge in [0.2, 0.25) is 5.91 Å². The van der Waals surface area contributed by atoms with Gasteiger partial charge in [-0.25, -0.2) is 0 Å². The second kappa shape index (κ2) is 4.77. The van der Waals surface area contributed by atoms with Gasteiger partial charge in [0.15, 0.2) is 0 Å². The third kappa shape index (κ3) is 2.40. The molecule has 1 unspecified atom stereocenters. The van der Waals surface area contributed by atoms with Crippen LogP contribution in [-0.4, -0.2) is 18.6 Å². The van der Waals surface area contributed by atoms with Crippen LogP contribution in [0.25, 0.3) is 0 Å². The molecule has 1 atom stereocenters. The van der Waals surface area contributed by atoms with Gasteiger partial charge in [-0.1, -0.05) is 19.1 Å². The molecular weight excluding hydrogens is 269 g/mol. The number of benzene rings is 1. The molecule has 0 aromatic heterocycles. The van der Waals surface area contributed by atoms with Crippen LogP contribution in [-0.2, 0) is 10.2 Å². The molecule has 1 amide bonds. The first-order valence-corrected chi connectivity index (χ1v) is 6.44. The van der Waals surface area contributed by atoms with Crippen LogP contribution in [0.15, 0.2) is 18.2 Å². The molecule has 1 heterocycles. The van der Waals surface area contributed by atoms with E-state index in [0.717, 1.165) is 0 Å². The maximum Gasteiger partial charge on any atom is 0.407 e. The molecule has 0 bridgehead atoms. The van der Waals surface area contributed by atoms with Crippen molar-refractivity contribution in [3.8, 4) is 0 Å². The summed E-state index contributed by atoms with van der Waals surface area (Å²) < 4.78 is 39.2. The van der Waals surface area contributed by atoms with Crippen LogP contribution >= 0.6 is 0 Å². The van der Waals surface area contributed by atoms with Crippen molar-refractivity contribution in [2.75, 3.05) is 11.9 Å². The Balaban J connectivity index is 2.46. The SMILES string of the molecule is CCNC(c1ccc2c(c1)C(C)(C)C(=O)N2)C(F)(F)F. The molecule has 2 N–H and O–H groups in total. The number of carbonyl (C=O) groups excluding carboxylic acids is 1. The summed E-state index contributed by atoms with van der Waals surface area (Å²) in [5, 5.41) is 5.12. The largest absolute Gasteiger partial charge is 0.407 e. The average molecular weight is 286 g/mol. The van der Waals surface area contributed by atoms with Gasteiger partial charge in [0.1, 0.15) is 6.04 Å². The van der Waals surface area contributed by atoms with Crippen molar-refractivity contribution in [2.24, 2.45) is 0 Å². The summed E-state index contributed by atoms with van der Waals surface area (Å²) in [6.45, 7) is 5.24. The summed E-state index contributed by atoms with van der Waals surface area (Å²) in [6.07, 6.45) is -4.37. The molecule has 0 saturated heterocycles. The van der Waals surface area contributed by atoms with Crippen LogP contribution in [0, 0.1) is 0 Å². The van der Waals surface area contributed by atoms with Gasteiger partial charge in [-0.3, -0.25) is 4.79 Å². The summed E-state index contributed by atoms with van der Waals surface area (Å²) in [5.74, 6) is -0.198. The van der Waals surface area contributed by atoms with Crippen molar-refractivity contribution >= 4 is 11.6 Å². The summed E-state index contributed by atoms with van der Waals surface area (Å²) in [7, 11) is 0. The summed E-state index contributed by atoms with van der Waals surface area (Å²) >= 11 is 0. The number of alkyl halides is 3. The number of carbonyl (C=O) groups is 1. The molecule has 0 fully saturated rings. The standard InChI is InChI=1S/C14H17F3N2O/c1-4-18-11(14(15,16)17)8-5-6-10-9(7-8)13(2,3)12(20)19-10/h5-7,11,18H,4H2,1-3H3,(H,19,20). The highest BCUT2D eigenvalue weighted by Gasteiger charge is 2.43. The number of nitrogens with one attached hydrogen (secondary N) is 2. The van der Waals surface area contributed by atoms with Crippen molar-refractivity contribution in [1.82, 2.24) is 5.32 Å². The Morgan fingerprint density at radius 1 is 1.35 bits per heavy atom. The van der Waals surface area contributed by atoms with Crippen molar-refractivity contribution in [1.29, 1.82) is 0 Å². The minimum atomic E-state index is -4.37. The molecular formula is C14H17F3N2O. The molecule has 3 nitrogen and oxygen atoms in total. The lowest BCUT2D eigenvalue weighted by Crippen LogP contribution is -2.34. The zero-order chi connectivity index (χ0) is 15.1. The molecule has 2 rings (SSSR count). The van der Waals surface area contributed by atoms with Gasteiger partial charge < -0.3 is 10.6 Å². The molecule has 0 saturated carbocycles. The van der Waals surface area contributed by atoms with Crippen molar-refractivity contribution in [3.63, 3.8) is 0 Å². The van der Waals surface area contributed by atoms with Gasteiger partial charge in [0, 0.05) is 5.69 Å². The molecule has 1 aliphatic rings. The monoisotopic (exact) mass is 286 g/mol. The molecule has 110 valence electrons. The third-order valence-electron chi connectivity index (χ3n) is 3.60. The maximum absolute atomic E-state index is 13.1. The van der Waals surface area contributed by atoms with E-state index >= 15 is 0 Å². The lowest BCUT2D eigenvalue weighted by atomic mass is 9.84. The highest BCUT2D eigenvalue weighted by molar-refractivity contribution is 6.05. The Bertz CT molecular complexity index is 538. The van der Waals surface area contributed by atoms with Crippen LogP contribution in [0.4, 0.5) is 18.9 Å². The molecule has 0 spiro atoms. The highest BCUT2D eigenvalue weighted by Crippen LogP contribution is 2.41. The molecule has 1 aromatic rings. The van der Waals surface area contributed by atoms with E-state index in [0.29, 0.717) is 11.3 Å². The van der Waals surface area contributed by atoms with E-state index in [2.05, 4.69) is 10.6 Å². The lowest BCUT2D eigenvalue weighted by Gasteiger charge is -2.23. The molecule has 1 aromatic carbocycles. The van der Waals surface area contributed by atoms with Crippen LogP contribution in [0.2, 0.25) is 0 Å². The first-order chi connectivity index (χ1) is 9.17. The van der Waals surface area contributed by atoms with E-state index in [9.17, 15) is 18.0 Å². The van der Waals surface area contributed by atoms with E-state index in [1.807, 2.05) is 0 Å². The zero-order valence-electron chi connectivity index (χ0n) is 11.6. The number of hydrogen-bond donors (Lipinski definition) is 2. The zero-order valence-corrected chi connectivity index (χ0v) is 11.6. The van der Waals surface area contributed by atoms with Crippen LogP contribution in [0.1, 0.15) is 37.9 Å². The fraction of sp³-hybridized carbons (Fsp3) is 0.500. The van der Waals surface area contributed by atoms with Crippen LogP contribution < -0.4 is 10.6 Å². The Kier molecular flexibility index (Phi) is 3.54. The first kappa shape index (κ1) is 14.8. The minimum absolute atomic E-state index is 0.127. The van der Waals surface area contributed by atoms with Gasteiger partial charge in [-0.15, -0.1) is 0 Å². The number of anilines is 1. The van der Waals surface area contributed by atoms with Crippen molar-refractivity contribution in [2.45, 2.75) is 38.4 Å². The number of amides is 1. The summed E-state index contributed by atoms with van der Waals surface area (Å²) in [4.78, 5) is 11.8. The number of fused-ring (bicyclic) bond motifs is 1. The Hall–Kier alpha value is -1.56. The summed E-state index contributed by atoms with van der Waals surface area (Å²) in [5.41, 5.74) is 0.504. The predicted molar refractivity (Wildman–Crippen MR) is 70.6 cm³/mol. The van der Waals surface area contributed by atoms with Gasteiger partial charge >= 0.3 is 6.18 Å². The normalized spacial score (nSPS) is 18.6. The third-order valence-corrected chi connectivity index (χ3v) is 3.60. The minimum Gasteiger partial charge on any atom is -0.325 e. The van der Waals surface area contributed by atoms with E-state index in [-0.39, 0.29) is 18.0 Å². The number of rotatable bonds is 3. The van der Waals surface area contributed by atoms with Crippen LogP contribution in [0.3, 0.4) is 0 Å². The van der Waals surface area contributed by atoms with Gasteiger partial charge in [0.25, 0.3) is 0 Å². The quantitative estimate of drug-likeness (QED) is 0.896. The van der Waals surface area contributed by atoms with E-state index < -0.39 is 17.6 Å². The summed E-state index contributed by atoms with van der Waals surface area (Å²) in [6, 6.07) is 2.69. The topological polar surface area (TPSA) is 41.1 Å². The van der Waals surface area contributed by atoms with Crippen LogP contribution in [0.5, 0.6) is 0 Å². The van der Waals surface area contributed by atoms with Gasteiger partial charge in [-0.05, 0) is 37.6 Å². The molecule has 20 heavy (non-hydrogen) atoms. The highest BCUT2D eigenvalue weighted by atomic mass is 19.4. The van der Waals surface area contributed by atoms with Gasteiger partial charge in [-0.2, -0.15) is 13.2 Å². The van der Waals surface area contributed by atoms with Crippen molar-refractivity contribution in [3.05, 3.63) is 29.3 Å². The second-order valence-electron chi connectivity index (χ2n) is 5.42. The lowest BCUT2D eigenvalue weighted by molar-refractivity contribution is -0.157. The smallest absolute Gasteiger partial charge is 0.325 e. The molecule has 1 aliphatic heterocycles. The molecule has 0 radical (unpaired) electrons.